The summed E-state index contributed by atoms with van der Waals surface area (Å²) in [5.74, 6) is 0.897. The maximum Gasteiger partial charge on any atom is 0.261 e. The first kappa shape index (κ1) is 16.9. The van der Waals surface area contributed by atoms with Gasteiger partial charge in [-0.2, -0.15) is 0 Å². The largest absolute Gasteiger partial charge is 0.370 e. The predicted molar refractivity (Wildman–Crippen MR) is 101 cm³/mol. The molecule has 0 saturated heterocycles. The summed E-state index contributed by atoms with van der Waals surface area (Å²) in [5.41, 5.74) is 2.90. The van der Waals surface area contributed by atoms with Crippen LogP contribution < -0.4 is 5.56 Å². The van der Waals surface area contributed by atoms with Crippen molar-refractivity contribution in [2.75, 3.05) is 0 Å². The molecule has 0 amide bonds. The van der Waals surface area contributed by atoms with Crippen LogP contribution in [0.1, 0.15) is 37.4 Å². The van der Waals surface area contributed by atoms with E-state index >= 15 is 0 Å². The Balaban J connectivity index is 1.57. The highest BCUT2D eigenvalue weighted by atomic mass is 16.5. The van der Waals surface area contributed by atoms with Crippen molar-refractivity contribution >= 4 is 10.9 Å². The topological polar surface area (TPSA) is 57.0 Å². The minimum atomic E-state index is 0.0683. The van der Waals surface area contributed by atoms with Gasteiger partial charge in [0.1, 0.15) is 5.82 Å². The lowest BCUT2D eigenvalue weighted by Crippen LogP contribution is -2.36. The number of aromatic nitrogens is 3. The Hall–Kier alpha value is -2.53. The standard InChI is InChI=1S/C21H23N3O2/c1-21(2)9-8-19-23-18-11-15(6-7-17(18)20(25)24(19)14-21)12-26-13-16-5-3-4-10-22-16/h3-7,10-11H,8-9,12-14H2,1-2H3. The zero-order valence-corrected chi connectivity index (χ0v) is 15.2. The smallest absolute Gasteiger partial charge is 0.261 e. The van der Waals surface area contributed by atoms with E-state index in [2.05, 4.69) is 18.8 Å². The summed E-state index contributed by atoms with van der Waals surface area (Å²) in [7, 11) is 0. The molecule has 3 heterocycles. The SMILES string of the molecule is CC1(C)CCc2nc3cc(COCc4ccccn4)ccc3c(=O)n2C1. The Morgan fingerprint density at radius 3 is 2.88 bits per heavy atom. The number of benzene rings is 1. The Labute approximate surface area is 152 Å². The molecule has 4 rings (SSSR count). The van der Waals surface area contributed by atoms with Gasteiger partial charge in [0.05, 0.1) is 29.8 Å². The third-order valence-corrected chi connectivity index (χ3v) is 4.96. The number of hydrogen-bond acceptors (Lipinski definition) is 4. The van der Waals surface area contributed by atoms with E-state index in [-0.39, 0.29) is 11.0 Å². The van der Waals surface area contributed by atoms with E-state index < -0.39 is 0 Å². The molecule has 0 saturated carbocycles. The van der Waals surface area contributed by atoms with Gasteiger partial charge in [0, 0.05) is 19.2 Å². The number of ether oxygens (including phenoxy) is 1. The highest BCUT2D eigenvalue weighted by Crippen LogP contribution is 2.29. The van der Waals surface area contributed by atoms with E-state index in [1.807, 2.05) is 41.0 Å². The number of hydrogen-bond donors (Lipinski definition) is 0. The molecule has 0 aliphatic carbocycles. The van der Waals surface area contributed by atoms with E-state index in [0.29, 0.717) is 18.6 Å². The van der Waals surface area contributed by atoms with Crippen molar-refractivity contribution in [3.63, 3.8) is 0 Å². The fraction of sp³-hybridized carbons (Fsp3) is 0.381. The molecule has 0 fully saturated rings. The first-order chi connectivity index (χ1) is 12.5. The maximum atomic E-state index is 12.9. The monoisotopic (exact) mass is 349 g/mol. The molecule has 134 valence electrons. The molecule has 0 spiro atoms. The van der Waals surface area contributed by atoms with Gasteiger partial charge in [-0.15, -0.1) is 0 Å². The van der Waals surface area contributed by atoms with Crippen molar-refractivity contribution < 1.29 is 4.74 Å². The van der Waals surface area contributed by atoms with Crippen LogP contribution in [0.4, 0.5) is 0 Å². The van der Waals surface area contributed by atoms with Crippen molar-refractivity contribution in [1.29, 1.82) is 0 Å². The minimum absolute atomic E-state index is 0.0683. The number of pyridine rings is 1. The van der Waals surface area contributed by atoms with Gasteiger partial charge in [0.15, 0.2) is 0 Å². The van der Waals surface area contributed by atoms with Gasteiger partial charge in [-0.25, -0.2) is 4.98 Å². The van der Waals surface area contributed by atoms with Crippen molar-refractivity contribution in [3.05, 3.63) is 70.0 Å². The summed E-state index contributed by atoms with van der Waals surface area (Å²) in [6.07, 6.45) is 3.66. The highest BCUT2D eigenvalue weighted by molar-refractivity contribution is 5.78. The van der Waals surface area contributed by atoms with Crippen LogP contribution in [0.15, 0.2) is 47.4 Å². The molecule has 5 heteroatoms. The van der Waals surface area contributed by atoms with Gasteiger partial charge in [0.2, 0.25) is 0 Å². The molecule has 0 N–H and O–H groups in total. The lowest BCUT2D eigenvalue weighted by Gasteiger charge is -2.31. The normalized spacial score (nSPS) is 15.8. The van der Waals surface area contributed by atoms with Crippen LogP contribution in [0.5, 0.6) is 0 Å². The molecular formula is C21H23N3O2. The minimum Gasteiger partial charge on any atom is -0.370 e. The first-order valence-electron chi connectivity index (χ1n) is 9.02. The molecule has 26 heavy (non-hydrogen) atoms. The Morgan fingerprint density at radius 2 is 2.08 bits per heavy atom. The summed E-state index contributed by atoms with van der Waals surface area (Å²) in [5, 5.41) is 0.680. The van der Waals surface area contributed by atoms with E-state index in [1.54, 1.807) is 6.20 Å². The van der Waals surface area contributed by atoms with Crippen LogP contribution in [-0.2, 0) is 30.9 Å². The molecule has 0 radical (unpaired) electrons. The summed E-state index contributed by atoms with van der Waals surface area (Å²) in [4.78, 5) is 21.9. The van der Waals surface area contributed by atoms with Crippen LogP contribution in [0.25, 0.3) is 10.9 Å². The molecule has 0 bridgehead atoms. The average Bonchev–Trinajstić information content (AvgIpc) is 2.63. The third-order valence-electron chi connectivity index (χ3n) is 4.96. The number of fused-ring (bicyclic) bond motifs is 2. The molecule has 0 unspecified atom stereocenters. The quantitative estimate of drug-likeness (QED) is 0.723. The molecule has 3 aromatic rings. The highest BCUT2D eigenvalue weighted by Gasteiger charge is 2.27. The zero-order valence-electron chi connectivity index (χ0n) is 15.2. The average molecular weight is 349 g/mol. The Morgan fingerprint density at radius 1 is 1.19 bits per heavy atom. The molecule has 1 aromatic carbocycles. The summed E-state index contributed by atoms with van der Waals surface area (Å²) in [6, 6.07) is 11.6. The van der Waals surface area contributed by atoms with E-state index in [4.69, 9.17) is 9.72 Å². The molecular weight excluding hydrogens is 326 g/mol. The van der Waals surface area contributed by atoms with Gasteiger partial charge >= 0.3 is 0 Å². The fourth-order valence-electron chi connectivity index (χ4n) is 3.47. The predicted octanol–water partition coefficient (Wildman–Crippen LogP) is 3.48. The number of rotatable bonds is 4. The van der Waals surface area contributed by atoms with Crippen molar-refractivity contribution in [3.8, 4) is 0 Å². The summed E-state index contributed by atoms with van der Waals surface area (Å²) in [6.45, 7) is 6.08. The van der Waals surface area contributed by atoms with Crippen LogP contribution in [0.2, 0.25) is 0 Å². The van der Waals surface area contributed by atoms with Crippen LogP contribution in [0, 0.1) is 5.41 Å². The maximum absolute atomic E-state index is 12.9. The van der Waals surface area contributed by atoms with Gasteiger partial charge in [0.25, 0.3) is 5.56 Å². The van der Waals surface area contributed by atoms with Crippen LogP contribution in [0.3, 0.4) is 0 Å². The molecule has 2 aromatic heterocycles. The van der Waals surface area contributed by atoms with Gasteiger partial charge in [-0.05, 0) is 41.7 Å². The van der Waals surface area contributed by atoms with Gasteiger partial charge in [-0.1, -0.05) is 26.0 Å². The lowest BCUT2D eigenvalue weighted by molar-refractivity contribution is 0.104. The van der Waals surface area contributed by atoms with Gasteiger partial charge in [-0.3, -0.25) is 14.3 Å². The molecule has 0 atom stereocenters. The Bertz CT molecular complexity index is 993. The summed E-state index contributed by atoms with van der Waals surface area (Å²) < 4.78 is 7.60. The molecule has 1 aliphatic rings. The van der Waals surface area contributed by atoms with E-state index in [1.165, 1.54) is 0 Å². The van der Waals surface area contributed by atoms with Crippen molar-refractivity contribution in [2.24, 2.45) is 5.41 Å². The van der Waals surface area contributed by atoms with Crippen LogP contribution in [-0.4, -0.2) is 14.5 Å². The van der Waals surface area contributed by atoms with Crippen molar-refractivity contribution in [2.45, 2.75) is 46.4 Å². The fourth-order valence-corrected chi connectivity index (χ4v) is 3.47. The number of aryl methyl sites for hydroxylation is 1. The zero-order chi connectivity index (χ0) is 18.1. The number of nitrogens with zero attached hydrogens (tertiary/aromatic N) is 3. The Kier molecular flexibility index (Phi) is 4.32. The van der Waals surface area contributed by atoms with Crippen molar-refractivity contribution in [1.82, 2.24) is 14.5 Å². The van der Waals surface area contributed by atoms with E-state index in [9.17, 15) is 4.79 Å². The van der Waals surface area contributed by atoms with E-state index in [0.717, 1.165) is 42.0 Å². The first-order valence-corrected chi connectivity index (χ1v) is 9.02. The lowest BCUT2D eigenvalue weighted by atomic mass is 9.85. The van der Waals surface area contributed by atoms with Gasteiger partial charge < -0.3 is 4.74 Å². The second-order valence-corrected chi connectivity index (χ2v) is 7.75. The summed E-state index contributed by atoms with van der Waals surface area (Å²) >= 11 is 0. The molecule has 1 aliphatic heterocycles. The third kappa shape index (κ3) is 3.40. The molecule has 5 nitrogen and oxygen atoms in total. The van der Waals surface area contributed by atoms with Crippen LogP contribution >= 0.6 is 0 Å². The second-order valence-electron chi connectivity index (χ2n) is 7.75. The second kappa shape index (κ2) is 6.65.